The van der Waals surface area contributed by atoms with Crippen LogP contribution in [0.15, 0.2) is 0 Å². The molecule has 0 bridgehead atoms. The minimum atomic E-state index is -0.245. The molecule has 0 saturated heterocycles. The molecule has 0 saturated carbocycles. The summed E-state index contributed by atoms with van der Waals surface area (Å²) in [5, 5.41) is 12.0. The van der Waals surface area contributed by atoms with E-state index in [1.165, 1.54) is 0 Å². The van der Waals surface area contributed by atoms with Crippen LogP contribution in [0.25, 0.3) is 0 Å². The van der Waals surface area contributed by atoms with Crippen molar-refractivity contribution in [1.29, 1.82) is 0 Å². The quantitative estimate of drug-likeness (QED) is 0.580. The van der Waals surface area contributed by atoms with Crippen molar-refractivity contribution in [2.45, 2.75) is 32.8 Å². The summed E-state index contributed by atoms with van der Waals surface area (Å²) in [6.07, 6.45) is 1.44. The van der Waals surface area contributed by atoms with Gasteiger partial charge in [0, 0.05) is 13.6 Å². The maximum atomic E-state index is 11.3. The molecule has 0 heterocycles. The van der Waals surface area contributed by atoms with Crippen molar-refractivity contribution in [3.05, 3.63) is 0 Å². The molecule has 4 nitrogen and oxygen atoms in total. The molecule has 0 aromatic carbocycles. The smallest absolute Gasteiger partial charge is 0.236 e. The first-order valence-electron chi connectivity index (χ1n) is 5.20. The first-order chi connectivity index (χ1) is 6.57. The van der Waals surface area contributed by atoms with Crippen LogP contribution in [0, 0.1) is 0 Å². The lowest BCUT2D eigenvalue weighted by molar-refractivity contribution is -0.128. The van der Waals surface area contributed by atoms with Crippen LogP contribution >= 0.6 is 0 Å². The van der Waals surface area contributed by atoms with Crippen molar-refractivity contribution in [2.24, 2.45) is 0 Å². The average molecular weight is 202 g/mol. The van der Waals surface area contributed by atoms with Crippen LogP contribution in [0.3, 0.4) is 0 Å². The molecule has 2 N–H and O–H groups in total. The van der Waals surface area contributed by atoms with Gasteiger partial charge in [0.2, 0.25) is 5.91 Å². The van der Waals surface area contributed by atoms with Gasteiger partial charge < -0.3 is 15.3 Å². The Kier molecular flexibility index (Phi) is 7.42. The lowest BCUT2D eigenvalue weighted by Crippen LogP contribution is -2.35. The SMILES string of the molecule is CCN(C)C(=O)CNCCCC(C)O. The van der Waals surface area contributed by atoms with Crippen LogP contribution in [-0.2, 0) is 4.79 Å². The summed E-state index contributed by atoms with van der Waals surface area (Å²) in [6.45, 7) is 5.65. The van der Waals surface area contributed by atoms with Crippen molar-refractivity contribution in [2.75, 3.05) is 26.7 Å². The predicted octanol–water partition coefficient (Wildman–Crippen LogP) is 0.215. The highest BCUT2D eigenvalue weighted by Gasteiger charge is 2.04. The van der Waals surface area contributed by atoms with E-state index in [1.807, 2.05) is 6.92 Å². The Bertz CT molecular complexity index is 160. The molecule has 0 aliphatic heterocycles. The summed E-state index contributed by atoms with van der Waals surface area (Å²) in [5.74, 6) is 0.115. The minimum Gasteiger partial charge on any atom is -0.393 e. The molecule has 0 spiro atoms. The first kappa shape index (κ1) is 13.4. The zero-order chi connectivity index (χ0) is 11.0. The van der Waals surface area contributed by atoms with Crippen LogP contribution in [-0.4, -0.2) is 48.7 Å². The number of aliphatic hydroxyl groups is 1. The average Bonchev–Trinajstić information content (AvgIpc) is 2.15. The van der Waals surface area contributed by atoms with Gasteiger partial charge in [0.05, 0.1) is 12.6 Å². The normalized spacial score (nSPS) is 12.6. The molecule has 1 amide bonds. The van der Waals surface area contributed by atoms with E-state index in [1.54, 1.807) is 18.9 Å². The van der Waals surface area contributed by atoms with Gasteiger partial charge in [0.25, 0.3) is 0 Å². The van der Waals surface area contributed by atoms with E-state index < -0.39 is 0 Å². The zero-order valence-electron chi connectivity index (χ0n) is 9.42. The summed E-state index contributed by atoms with van der Waals surface area (Å²) < 4.78 is 0. The number of likely N-dealkylation sites (N-methyl/N-ethyl adjacent to an activating group) is 1. The fourth-order valence-corrected chi connectivity index (χ4v) is 1.03. The van der Waals surface area contributed by atoms with Gasteiger partial charge in [-0.15, -0.1) is 0 Å². The van der Waals surface area contributed by atoms with E-state index in [-0.39, 0.29) is 12.0 Å². The van der Waals surface area contributed by atoms with E-state index in [2.05, 4.69) is 5.32 Å². The number of rotatable bonds is 7. The van der Waals surface area contributed by atoms with Crippen molar-refractivity contribution >= 4 is 5.91 Å². The molecule has 0 aliphatic carbocycles. The van der Waals surface area contributed by atoms with Gasteiger partial charge in [0.1, 0.15) is 0 Å². The van der Waals surface area contributed by atoms with Crippen LogP contribution in [0.2, 0.25) is 0 Å². The van der Waals surface area contributed by atoms with Gasteiger partial charge in [-0.1, -0.05) is 0 Å². The van der Waals surface area contributed by atoms with Gasteiger partial charge in [-0.2, -0.15) is 0 Å². The summed E-state index contributed by atoms with van der Waals surface area (Å²) in [5.41, 5.74) is 0. The molecule has 1 unspecified atom stereocenters. The fraction of sp³-hybridized carbons (Fsp3) is 0.900. The molecule has 1 atom stereocenters. The zero-order valence-corrected chi connectivity index (χ0v) is 9.42. The van der Waals surface area contributed by atoms with Crippen LogP contribution in [0.4, 0.5) is 0 Å². The molecule has 0 rings (SSSR count). The molecule has 0 fully saturated rings. The number of carbonyl (C=O) groups is 1. The first-order valence-corrected chi connectivity index (χ1v) is 5.20. The lowest BCUT2D eigenvalue weighted by atomic mass is 10.2. The Labute approximate surface area is 86.3 Å². The third kappa shape index (κ3) is 6.86. The fourth-order valence-electron chi connectivity index (χ4n) is 1.03. The molecule has 4 heteroatoms. The maximum Gasteiger partial charge on any atom is 0.236 e. The largest absolute Gasteiger partial charge is 0.393 e. The van der Waals surface area contributed by atoms with Crippen LogP contribution in [0.1, 0.15) is 26.7 Å². The Morgan fingerprint density at radius 3 is 2.71 bits per heavy atom. The number of aliphatic hydroxyl groups excluding tert-OH is 1. The van der Waals surface area contributed by atoms with Crippen molar-refractivity contribution in [3.63, 3.8) is 0 Å². The predicted molar refractivity (Wildman–Crippen MR) is 57.1 cm³/mol. The van der Waals surface area contributed by atoms with Gasteiger partial charge in [-0.05, 0) is 33.2 Å². The number of nitrogens with one attached hydrogen (secondary N) is 1. The second-order valence-electron chi connectivity index (χ2n) is 3.58. The number of amides is 1. The van der Waals surface area contributed by atoms with Crippen molar-refractivity contribution in [3.8, 4) is 0 Å². The lowest BCUT2D eigenvalue weighted by Gasteiger charge is -2.14. The monoisotopic (exact) mass is 202 g/mol. The van der Waals surface area contributed by atoms with Gasteiger partial charge in [-0.25, -0.2) is 0 Å². The Hall–Kier alpha value is -0.610. The maximum absolute atomic E-state index is 11.3. The molecule has 0 aromatic rings. The summed E-state index contributed by atoms with van der Waals surface area (Å²) >= 11 is 0. The highest BCUT2D eigenvalue weighted by molar-refractivity contribution is 5.77. The van der Waals surface area contributed by atoms with E-state index >= 15 is 0 Å². The van der Waals surface area contributed by atoms with E-state index in [0.29, 0.717) is 6.54 Å². The second kappa shape index (κ2) is 7.76. The summed E-state index contributed by atoms with van der Waals surface area (Å²) in [6, 6.07) is 0. The van der Waals surface area contributed by atoms with Crippen molar-refractivity contribution in [1.82, 2.24) is 10.2 Å². The molecule has 0 aliphatic rings. The van der Waals surface area contributed by atoms with Crippen LogP contribution < -0.4 is 5.32 Å². The van der Waals surface area contributed by atoms with E-state index in [0.717, 1.165) is 25.9 Å². The van der Waals surface area contributed by atoms with Gasteiger partial charge in [-0.3, -0.25) is 4.79 Å². The number of hydrogen-bond acceptors (Lipinski definition) is 3. The standard InChI is InChI=1S/C10H22N2O2/c1-4-12(3)10(14)8-11-7-5-6-9(2)13/h9,11,13H,4-8H2,1-3H3. The Balaban J connectivity index is 3.32. The molecule has 14 heavy (non-hydrogen) atoms. The minimum absolute atomic E-state index is 0.115. The molecule has 0 aromatic heterocycles. The highest BCUT2D eigenvalue weighted by Crippen LogP contribution is 1.93. The number of carbonyl (C=O) groups excluding carboxylic acids is 1. The van der Waals surface area contributed by atoms with Crippen LogP contribution in [0.5, 0.6) is 0 Å². The van der Waals surface area contributed by atoms with E-state index in [4.69, 9.17) is 5.11 Å². The van der Waals surface area contributed by atoms with Gasteiger partial charge >= 0.3 is 0 Å². The van der Waals surface area contributed by atoms with Crippen molar-refractivity contribution < 1.29 is 9.90 Å². The van der Waals surface area contributed by atoms with Gasteiger partial charge in [0.15, 0.2) is 0 Å². The molecular weight excluding hydrogens is 180 g/mol. The Morgan fingerprint density at radius 2 is 2.21 bits per heavy atom. The second-order valence-corrected chi connectivity index (χ2v) is 3.58. The topological polar surface area (TPSA) is 52.6 Å². The molecule has 0 radical (unpaired) electrons. The summed E-state index contributed by atoms with van der Waals surface area (Å²) in [4.78, 5) is 13.0. The summed E-state index contributed by atoms with van der Waals surface area (Å²) in [7, 11) is 1.79. The molecular formula is C10H22N2O2. The molecule has 84 valence electrons. The third-order valence-corrected chi connectivity index (χ3v) is 2.15. The highest BCUT2D eigenvalue weighted by atomic mass is 16.3. The number of hydrogen-bond donors (Lipinski definition) is 2. The Morgan fingerprint density at radius 1 is 1.57 bits per heavy atom. The number of nitrogens with zero attached hydrogens (tertiary/aromatic N) is 1. The van der Waals surface area contributed by atoms with E-state index in [9.17, 15) is 4.79 Å². The third-order valence-electron chi connectivity index (χ3n) is 2.15.